The standard InChI is InChI=1S/C14H27N3O2/c1-11(10-19-2)16-14(18)9-15-12-5-7-17-6-3-4-13(17)8-12/h11-13,15H,3-10H2,1-2H3,(H,16,18). The molecule has 0 bridgehead atoms. The van der Waals surface area contributed by atoms with Crippen molar-refractivity contribution >= 4 is 5.91 Å². The number of methoxy groups -OCH3 is 1. The zero-order valence-electron chi connectivity index (χ0n) is 12.2. The molecule has 5 heteroatoms. The maximum atomic E-state index is 11.8. The highest BCUT2D eigenvalue weighted by Gasteiger charge is 2.31. The fourth-order valence-corrected chi connectivity index (χ4v) is 3.26. The van der Waals surface area contributed by atoms with Gasteiger partial charge in [-0.1, -0.05) is 0 Å². The molecule has 5 nitrogen and oxygen atoms in total. The maximum absolute atomic E-state index is 11.8. The summed E-state index contributed by atoms with van der Waals surface area (Å²) in [6.07, 6.45) is 5.03. The Hall–Kier alpha value is -0.650. The molecule has 110 valence electrons. The van der Waals surface area contributed by atoms with Crippen LogP contribution in [0.2, 0.25) is 0 Å². The number of nitrogens with zero attached hydrogens (tertiary/aromatic N) is 1. The first kappa shape index (κ1) is 14.8. The number of ether oxygens (including phenoxy) is 1. The highest BCUT2D eigenvalue weighted by Crippen LogP contribution is 2.26. The molecule has 0 aromatic carbocycles. The van der Waals surface area contributed by atoms with Crippen LogP contribution < -0.4 is 10.6 Å². The second-order valence-electron chi connectivity index (χ2n) is 5.86. The van der Waals surface area contributed by atoms with Crippen LogP contribution in [0.25, 0.3) is 0 Å². The Kier molecular flexibility index (Phi) is 5.60. The molecule has 0 saturated carbocycles. The van der Waals surface area contributed by atoms with Gasteiger partial charge in [-0.25, -0.2) is 0 Å². The van der Waals surface area contributed by atoms with Gasteiger partial charge in [0.1, 0.15) is 0 Å². The molecule has 2 fully saturated rings. The molecule has 0 radical (unpaired) electrons. The second-order valence-corrected chi connectivity index (χ2v) is 5.86. The molecule has 1 amide bonds. The van der Waals surface area contributed by atoms with Gasteiger partial charge in [0, 0.05) is 25.2 Å². The minimum atomic E-state index is 0.0680. The number of piperidine rings is 1. The summed E-state index contributed by atoms with van der Waals surface area (Å²) in [5.41, 5.74) is 0. The molecule has 3 atom stereocenters. The maximum Gasteiger partial charge on any atom is 0.234 e. The number of fused-ring (bicyclic) bond motifs is 1. The van der Waals surface area contributed by atoms with E-state index in [9.17, 15) is 4.79 Å². The predicted octanol–water partition coefficient (Wildman–Crippen LogP) is 0.354. The minimum absolute atomic E-state index is 0.0680. The van der Waals surface area contributed by atoms with Crippen molar-refractivity contribution in [1.82, 2.24) is 15.5 Å². The van der Waals surface area contributed by atoms with E-state index in [1.807, 2.05) is 6.92 Å². The van der Waals surface area contributed by atoms with Crippen molar-refractivity contribution in [2.45, 2.75) is 50.7 Å². The van der Waals surface area contributed by atoms with Crippen molar-refractivity contribution in [3.05, 3.63) is 0 Å². The topological polar surface area (TPSA) is 53.6 Å². The molecule has 2 aliphatic heterocycles. The molecular weight excluding hydrogens is 242 g/mol. The molecule has 0 aromatic rings. The van der Waals surface area contributed by atoms with E-state index in [4.69, 9.17) is 4.74 Å². The Balaban J connectivity index is 1.63. The van der Waals surface area contributed by atoms with Crippen LogP contribution in [0, 0.1) is 0 Å². The highest BCUT2D eigenvalue weighted by atomic mass is 16.5. The lowest BCUT2D eigenvalue weighted by atomic mass is 9.97. The summed E-state index contributed by atoms with van der Waals surface area (Å²) >= 11 is 0. The molecule has 0 aliphatic carbocycles. The predicted molar refractivity (Wildman–Crippen MR) is 75.1 cm³/mol. The van der Waals surface area contributed by atoms with Gasteiger partial charge in [-0.2, -0.15) is 0 Å². The third-order valence-electron chi connectivity index (χ3n) is 4.20. The van der Waals surface area contributed by atoms with Crippen molar-refractivity contribution in [2.75, 3.05) is 33.4 Å². The fourth-order valence-electron chi connectivity index (χ4n) is 3.26. The lowest BCUT2D eigenvalue weighted by molar-refractivity contribution is -0.121. The largest absolute Gasteiger partial charge is 0.383 e. The molecule has 2 rings (SSSR count). The number of carbonyl (C=O) groups excluding carboxylic acids is 1. The zero-order valence-corrected chi connectivity index (χ0v) is 12.2. The third-order valence-corrected chi connectivity index (χ3v) is 4.20. The van der Waals surface area contributed by atoms with E-state index in [1.165, 1.54) is 32.4 Å². The van der Waals surface area contributed by atoms with Crippen molar-refractivity contribution < 1.29 is 9.53 Å². The number of carbonyl (C=O) groups is 1. The first-order chi connectivity index (χ1) is 9.19. The smallest absolute Gasteiger partial charge is 0.234 e. The summed E-state index contributed by atoms with van der Waals surface area (Å²) in [7, 11) is 1.65. The Bertz CT molecular complexity index is 298. The van der Waals surface area contributed by atoms with Gasteiger partial charge < -0.3 is 20.3 Å². The summed E-state index contributed by atoms with van der Waals surface area (Å²) in [6, 6.07) is 1.33. The molecule has 19 heavy (non-hydrogen) atoms. The first-order valence-corrected chi connectivity index (χ1v) is 7.44. The van der Waals surface area contributed by atoms with E-state index in [0.717, 1.165) is 12.5 Å². The number of hydrogen-bond donors (Lipinski definition) is 2. The van der Waals surface area contributed by atoms with E-state index >= 15 is 0 Å². The molecule has 2 aliphatic rings. The van der Waals surface area contributed by atoms with Gasteiger partial charge in [-0.15, -0.1) is 0 Å². The van der Waals surface area contributed by atoms with Crippen LogP contribution in [-0.4, -0.2) is 62.3 Å². The van der Waals surface area contributed by atoms with Gasteiger partial charge in [-0.05, 0) is 45.7 Å². The number of rotatable bonds is 6. The van der Waals surface area contributed by atoms with Gasteiger partial charge in [-0.3, -0.25) is 4.79 Å². The normalized spacial score (nSPS) is 28.9. The molecule has 3 unspecified atom stereocenters. The van der Waals surface area contributed by atoms with Crippen molar-refractivity contribution in [3.63, 3.8) is 0 Å². The molecular formula is C14H27N3O2. The molecule has 0 spiro atoms. The summed E-state index contributed by atoms with van der Waals surface area (Å²) in [4.78, 5) is 14.4. The highest BCUT2D eigenvalue weighted by molar-refractivity contribution is 5.78. The summed E-state index contributed by atoms with van der Waals surface area (Å²) < 4.78 is 5.01. The number of nitrogens with one attached hydrogen (secondary N) is 2. The van der Waals surface area contributed by atoms with Crippen molar-refractivity contribution in [3.8, 4) is 0 Å². The van der Waals surface area contributed by atoms with E-state index in [1.54, 1.807) is 7.11 Å². The Labute approximate surface area is 116 Å². The van der Waals surface area contributed by atoms with Gasteiger partial charge in [0.15, 0.2) is 0 Å². The van der Waals surface area contributed by atoms with Crippen LogP contribution in [0.5, 0.6) is 0 Å². The van der Waals surface area contributed by atoms with E-state index in [2.05, 4.69) is 15.5 Å². The van der Waals surface area contributed by atoms with Gasteiger partial charge in [0.05, 0.1) is 13.2 Å². The average Bonchev–Trinajstić information content (AvgIpc) is 2.83. The Morgan fingerprint density at radius 3 is 3.05 bits per heavy atom. The zero-order chi connectivity index (χ0) is 13.7. The van der Waals surface area contributed by atoms with E-state index in [0.29, 0.717) is 19.2 Å². The van der Waals surface area contributed by atoms with Gasteiger partial charge in [0.2, 0.25) is 5.91 Å². The Morgan fingerprint density at radius 1 is 1.42 bits per heavy atom. The van der Waals surface area contributed by atoms with E-state index < -0.39 is 0 Å². The summed E-state index contributed by atoms with van der Waals surface area (Å²) in [5, 5.41) is 6.33. The average molecular weight is 269 g/mol. The van der Waals surface area contributed by atoms with Crippen LogP contribution >= 0.6 is 0 Å². The summed E-state index contributed by atoms with van der Waals surface area (Å²) in [6.45, 7) is 5.40. The van der Waals surface area contributed by atoms with Gasteiger partial charge >= 0.3 is 0 Å². The van der Waals surface area contributed by atoms with Gasteiger partial charge in [0.25, 0.3) is 0 Å². The monoisotopic (exact) mass is 269 g/mol. The van der Waals surface area contributed by atoms with Crippen molar-refractivity contribution in [2.24, 2.45) is 0 Å². The first-order valence-electron chi connectivity index (χ1n) is 7.44. The summed E-state index contributed by atoms with van der Waals surface area (Å²) in [5.74, 6) is 0.0680. The minimum Gasteiger partial charge on any atom is -0.383 e. The quantitative estimate of drug-likeness (QED) is 0.731. The van der Waals surface area contributed by atoms with Crippen LogP contribution in [0.1, 0.15) is 32.6 Å². The lowest BCUT2D eigenvalue weighted by Crippen LogP contribution is -2.49. The van der Waals surface area contributed by atoms with Crippen LogP contribution in [-0.2, 0) is 9.53 Å². The molecule has 2 N–H and O–H groups in total. The third kappa shape index (κ3) is 4.44. The number of hydrogen-bond acceptors (Lipinski definition) is 4. The second kappa shape index (κ2) is 7.22. The van der Waals surface area contributed by atoms with Crippen LogP contribution in [0.3, 0.4) is 0 Å². The molecule has 0 aromatic heterocycles. The molecule has 2 heterocycles. The Morgan fingerprint density at radius 2 is 2.26 bits per heavy atom. The van der Waals surface area contributed by atoms with Crippen LogP contribution in [0.15, 0.2) is 0 Å². The fraction of sp³-hybridized carbons (Fsp3) is 0.929. The SMILES string of the molecule is COCC(C)NC(=O)CNC1CCN2CCCC2C1. The number of amides is 1. The molecule has 2 saturated heterocycles. The van der Waals surface area contributed by atoms with Crippen LogP contribution in [0.4, 0.5) is 0 Å². The van der Waals surface area contributed by atoms with Crippen molar-refractivity contribution in [1.29, 1.82) is 0 Å². The van der Waals surface area contributed by atoms with E-state index in [-0.39, 0.29) is 11.9 Å². The lowest BCUT2D eigenvalue weighted by Gasteiger charge is -2.35.